The number of pyridine rings is 1. The zero-order chi connectivity index (χ0) is 14.3. The number of nitrogens with zero attached hydrogens (tertiary/aromatic N) is 1. The molecule has 1 amide bonds. The van der Waals surface area contributed by atoms with Crippen LogP contribution in [0.1, 0.15) is 37.0 Å². The second kappa shape index (κ2) is 7.09. The lowest BCUT2D eigenvalue weighted by Gasteiger charge is -2.29. The Morgan fingerprint density at radius 3 is 2.68 bits per heavy atom. The fourth-order valence-corrected chi connectivity index (χ4v) is 1.87. The number of nitrogens with one attached hydrogen (secondary N) is 1. The normalized spacial score (nSPS) is 11.2. The summed E-state index contributed by atoms with van der Waals surface area (Å²) in [5, 5.41) is 12.3. The molecule has 0 aliphatic rings. The minimum Gasteiger partial charge on any atom is -0.494 e. The predicted octanol–water partition coefficient (Wildman–Crippen LogP) is 1.62. The number of hydrogen-bond acceptors (Lipinski definition) is 4. The molecule has 1 aromatic heterocycles. The Labute approximate surface area is 114 Å². The Morgan fingerprint density at radius 2 is 2.16 bits per heavy atom. The minimum absolute atomic E-state index is 0.0633. The van der Waals surface area contributed by atoms with Crippen LogP contribution in [0.15, 0.2) is 18.5 Å². The first-order valence-corrected chi connectivity index (χ1v) is 6.49. The lowest BCUT2D eigenvalue weighted by Crippen LogP contribution is -2.39. The standard InChI is InChI=1S/C14H22N2O3/c1-4-14(5-2,10-17)9-16-13(18)11-6-7-15-8-12(11)19-3/h6-8,17H,4-5,9-10H2,1-3H3,(H,16,18). The maximum absolute atomic E-state index is 12.1. The van der Waals surface area contributed by atoms with Gasteiger partial charge >= 0.3 is 0 Å². The monoisotopic (exact) mass is 266 g/mol. The fourth-order valence-electron chi connectivity index (χ4n) is 1.87. The molecule has 0 radical (unpaired) electrons. The molecule has 106 valence electrons. The third-order valence-electron chi connectivity index (χ3n) is 3.71. The average molecular weight is 266 g/mol. The van der Waals surface area contributed by atoms with Crippen molar-refractivity contribution in [2.75, 3.05) is 20.3 Å². The predicted molar refractivity (Wildman–Crippen MR) is 73.2 cm³/mol. The van der Waals surface area contributed by atoms with Gasteiger partial charge in [0.1, 0.15) is 5.75 Å². The van der Waals surface area contributed by atoms with Gasteiger partial charge in [-0.2, -0.15) is 0 Å². The molecule has 0 aromatic carbocycles. The molecule has 0 atom stereocenters. The summed E-state index contributed by atoms with van der Waals surface area (Å²) in [6.07, 6.45) is 4.69. The van der Waals surface area contributed by atoms with E-state index in [1.807, 2.05) is 13.8 Å². The Kier molecular flexibility index (Phi) is 5.76. The third kappa shape index (κ3) is 3.67. The minimum atomic E-state index is -0.254. The van der Waals surface area contributed by atoms with Crippen molar-refractivity contribution in [1.29, 1.82) is 0 Å². The summed E-state index contributed by atoms with van der Waals surface area (Å²) < 4.78 is 5.10. The van der Waals surface area contributed by atoms with E-state index in [0.29, 0.717) is 17.9 Å². The van der Waals surface area contributed by atoms with Crippen LogP contribution < -0.4 is 10.1 Å². The summed E-state index contributed by atoms with van der Waals surface area (Å²) in [5.74, 6) is 0.238. The smallest absolute Gasteiger partial charge is 0.255 e. The van der Waals surface area contributed by atoms with Gasteiger partial charge in [0.05, 0.1) is 25.5 Å². The van der Waals surface area contributed by atoms with E-state index in [-0.39, 0.29) is 17.9 Å². The lowest BCUT2D eigenvalue weighted by atomic mass is 9.83. The van der Waals surface area contributed by atoms with Gasteiger partial charge in [0.15, 0.2) is 0 Å². The van der Waals surface area contributed by atoms with Gasteiger partial charge < -0.3 is 15.2 Å². The van der Waals surface area contributed by atoms with Crippen molar-refractivity contribution >= 4 is 5.91 Å². The molecule has 2 N–H and O–H groups in total. The molecule has 5 heteroatoms. The second-order valence-electron chi connectivity index (χ2n) is 4.62. The molecular weight excluding hydrogens is 244 g/mol. The Hall–Kier alpha value is -1.62. The van der Waals surface area contributed by atoms with Gasteiger partial charge in [-0.3, -0.25) is 9.78 Å². The highest BCUT2D eigenvalue weighted by molar-refractivity contribution is 5.96. The van der Waals surface area contributed by atoms with E-state index in [9.17, 15) is 9.90 Å². The van der Waals surface area contributed by atoms with Gasteiger partial charge in [-0.05, 0) is 18.9 Å². The Balaban J connectivity index is 2.75. The number of hydrogen-bond donors (Lipinski definition) is 2. The van der Waals surface area contributed by atoms with Crippen LogP contribution in [0.2, 0.25) is 0 Å². The molecule has 1 heterocycles. The Morgan fingerprint density at radius 1 is 1.47 bits per heavy atom. The van der Waals surface area contributed by atoms with Crippen molar-refractivity contribution in [1.82, 2.24) is 10.3 Å². The Bertz CT molecular complexity index is 409. The summed E-state index contributed by atoms with van der Waals surface area (Å²) in [7, 11) is 1.50. The molecule has 19 heavy (non-hydrogen) atoms. The van der Waals surface area contributed by atoms with Crippen molar-refractivity contribution < 1.29 is 14.6 Å². The highest BCUT2D eigenvalue weighted by Gasteiger charge is 2.26. The molecule has 0 spiro atoms. The number of amides is 1. The van der Waals surface area contributed by atoms with Gasteiger partial charge in [-0.15, -0.1) is 0 Å². The van der Waals surface area contributed by atoms with Gasteiger partial charge in [0.25, 0.3) is 5.91 Å². The molecule has 0 aliphatic carbocycles. The van der Waals surface area contributed by atoms with Gasteiger partial charge in [-0.25, -0.2) is 0 Å². The zero-order valence-corrected chi connectivity index (χ0v) is 11.8. The van der Waals surface area contributed by atoms with Crippen molar-refractivity contribution in [2.45, 2.75) is 26.7 Å². The summed E-state index contributed by atoms with van der Waals surface area (Å²) in [6.45, 7) is 4.53. The number of ether oxygens (including phenoxy) is 1. The summed E-state index contributed by atoms with van der Waals surface area (Å²) >= 11 is 0. The number of aromatic nitrogens is 1. The van der Waals surface area contributed by atoms with Crippen LogP contribution in [-0.4, -0.2) is 36.3 Å². The van der Waals surface area contributed by atoms with E-state index in [4.69, 9.17) is 4.74 Å². The number of aliphatic hydroxyl groups excluding tert-OH is 1. The lowest BCUT2D eigenvalue weighted by molar-refractivity contribution is 0.0848. The number of carbonyl (C=O) groups is 1. The average Bonchev–Trinajstić information content (AvgIpc) is 2.49. The van der Waals surface area contributed by atoms with Crippen LogP contribution in [-0.2, 0) is 0 Å². The van der Waals surface area contributed by atoms with Crippen molar-refractivity contribution in [3.8, 4) is 5.75 Å². The first-order chi connectivity index (χ1) is 9.12. The molecule has 0 saturated heterocycles. The summed E-state index contributed by atoms with van der Waals surface area (Å²) in [5.41, 5.74) is 0.201. The van der Waals surface area contributed by atoms with E-state index in [2.05, 4.69) is 10.3 Å². The SMILES string of the molecule is CCC(CC)(CO)CNC(=O)c1ccncc1OC. The number of rotatable bonds is 7. The van der Waals surface area contributed by atoms with Gasteiger partial charge in [0.2, 0.25) is 0 Å². The van der Waals surface area contributed by atoms with Gasteiger partial charge in [0, 0.05) is 18.2 Å². The van der Waals surface area contributed by atoms with E-state index in [1.165, 1.54) is 13.3 Å². The molecule has 0 aliphatic heterocycles. The fraction of sp³-hybridized carbons (Fsp3) is 0.571. The van der Waals surface area contributed by atoms with E-state index in [0.717, 1.165) is 12.8 Å². The number of methoxy groups -OCH3 is 1. The first-order valence-electron chi connectivity index (χ1n) is 6.49. The van der Waals surface area contributed by atoms with Gasteiger partial charge in [-0.1, -0.05) is 13.8 Å². The van der Waals surface area contributed by atoms with Crippen LogP contribution in [0.5, 0.6) is 5.75 Å². The van der Waals surface area contributed by atoms with Crippen molar-refractivity contribution in [3.05, 3.63) is 24.0 Å². The number of carbonyl (C=O) groups excluding carboxylic acids is 1. The molecule has 1 rings (SSSR count). The molecule has 0 unspecified atom stereocenters. The first kappa shape index (κ1) is 15.4. The molecule has 0 bridgehead atoms. The molecule has 0 fully saturated rings. The van der Waals surface area contributed by atoms with E-state index in [1.54, 1.807) is 12.3 Å². The van der Waals surface area contributed by atoms with Crippen LogP contribution in [0.4, 0.5) is 0 Å². The second-order valence-corrected chi connectivity index (χ2v) is 4.62. The summed E-state index contributed by atoms with van der Waals surface area (Å²) in [4.78, 5) is 16.0. The molecular formula is C14H22N2O3. The van der Waals surface area contributed by atoms with Crippen molar-refractivity contribution in [3.63, 3.8) is 0 Å². The molecule has 1 aromatic rings. The molecule has 5 nitrogen and oxygen atoms in total. The third-order valence-corrected chi connectivity index (χ3v) is 3.71. The molecule has 0 saturated carbocycles. The van der Waals surface area contributed by atoms with Crippen LogP contribution in [0, 0.1) is 5.41 Å². The van der Waals surface area contributed by atoms with E-state index < -0.39 is 0 Å². The maximum Gasteiger partial charge on any atom is 0.255 e. The quantitative estimate of drug-likeness (QED) is 0.786. The van der Waals surface area contributed by atoms with Crippen LogP contribution >= 0.6 is 0 Å². The van der Waals surface area contributed by atoms with Crippen molar-refractivity contribution in [2.24, 2.45) is 5.41 Å². The van der Waals surface area contributed by atoms with Crippen LogP contribution in [0.3, 0.4) is 0 Å². The van der Waals surface area contributed by atoms with Crippen LogP contribution in [0.25, 0.3) is 0 Å². The highest BCUT2D eigenvalue weighted by Crippen LogP contribution is 2.25. The maximum atomic E-state index is 12.1. The van der Waals surface area contributed by atoms with E-state index >= 15 is 0 Å². The largest absolute Gasteiger partial charge is 0.494 e. The number of aliphatic hydroxyl groups is 1. The highest BCUT2D eigenvalue weighted by atomic mass is 16.5. The summed E-state index contributed by atoms with van der Waals surface area (Å²) in [6, 6.07) is 1.62. The topological polar surface area (TPSA) is 71.5 Å². The zero-order valence-electron chi connectivity index (χ0n) is 11.8.